The van der Waals surface area contributed by atoms with Gasteiger partial charge in [-0.3, -0.25) is 4.79 Å². The third kappa shape index (κ3) is 3.47. The minimum Gasteiger partial charge on any atom is -0.436 e. The molecule has 1 amide bonds. The summed E-state index contributed by atoms with van der Waals surface area (Å²) in [4.78, 5) is 22.1. The van der Waals surface area contributed by atoms with Gasteiger partial charge in [0.2, 0.25) is 11.8 Å². The zero-order chi connectivity index (χ0) is 16.4. The molecule has 0 saturated carbocycles. The number of carbonyl (C=O) groups is 1. The Hall–Kier alpha value is -2.50. The highest BCUT2D eigenvalue weighted by molar-refractivity contribution is 5.73. The van der Waals surface area contributed by atoms with Gasteiger partial charge in [-0.2, -0.15) is 4.98 Å². The van der Waals surface area contributed by atoms with Gasteiger partial charge in [-0.25, -0.2) is 9.37 Å². The molecule has 0 N–H and O–H groups in total. The Labute approximate surface area is 134 Å². The van der Waals surface area contributed by atoms with Gasteiger partial charge < -0.3 is 9.64 Å². The highest BCUT2D eigenvalue weighted by Crippen LogP contribution is 2.28. The number of carbonyl (C=O) groups excluding carboxylic acids is 1. The number of aromatic nitrogens is 2. The van der Waals surface area contributed by atoms with Crippen molar-refractivity contribution in [2.45, 2.75) is 26.2 Å². The molecule has 6 heteroatoms. The van der Waals surface area contributed by atoms with Crippen LogP contribution >= 0.6 is 0 Å². The van der Waals surface area contributed by atoms with Gasteiger partial charge in [-0.15, -0.1) is 0 Å². The molecule has 1 aliphatic heterocycles. The average Bonchev–Trinajstić information content (AvgIpc) is 2.99. The zero-order valence-electron chi connectivity index (χ0n) is 13.1. The number of nitrogens with zero attached hydrogens (tertiary/aromatic N) is 3. The van der Waals surface area contributed by atoms with Gasteiger partial charge in [0.25, 0.3) is 0 Å². The molecule has 0 spiro atoms. The number of halogens is 1. The summed E-state index contributed by atoms with van der Waals surface area (Å²) in [5.74, 6) is 0.797. The quantitative estimate of drug-likeness (QED) is 0.873. The molecule has 5 nitrogen and oxygen atoms in total. The van der Waals surface area contributed by atoms with Crippen LogP contribution in [-0.2, 0) is 4.79 Å². The Morgan fingerprint density at radius 3 is 2.83 bits per heavy atom. The second kappa shape index (κ2) is 6.32. The summed E-state index contributed by atoms with van der Waals surface area (Å²) >= 11 is 0. The van der Waals surface area contributed by atoms with Crippen molar-refractivity contribution in [2.75, 3.05) is 13.1 Å². The number of hydrogen-bond donors (Lipinski definition) is 0. The first kappa shape index (κ1) is 15.4. The Morgan fingerprint density at radius 2 is 2.13 bits per heavy atom. The third-order valence-electron chi connectivity index (χ3n) is 3.90. The second-order valence-corrected chi connectivity index (χ2v) is 5.69. The molecular formula is C17H18FN3O2. The summed E-state index contributed by atoms with van der Waals surface area (Å²) in [5.41, 5.74) is 0.752. The number of aryl methyl sites for hydroxylation is 1. The lowest BCUT2D eigenvalue weighted by Gasteiger charge is -2.14. The molecule has 1 unspecified atom stereocenters. The van der Waals surface area contributed by atoms with Gasteiger partial charge in [0, 0.05) is 37.7 Å². The van der Waals surface area contributed by atoms with Crippen molar-refractivity contribution < 1.29 is 13.9 Å². The van der Waals surface area contributed by atoms with Crippen LogP contribution in [0.15, 0.2) is 30.3 Å². The molecule has 0 radical (unpaired) electrons. The number of amides is 1. The topological polar surface area (TPSA) is 55.3 Å². The maximum absolute atomic E-state index is 13.7. The Balaban J connectivity index is 1.83. The molecule has 0 aliphatic carbocycles. The molecule has 1 atom stereocenters. The lowest BCUT2D eigenvalue weighted by molar-refractivity contribution is -0.127. The fourth-order valence-corrected chi connectivity index (χ4v) is 2.69. The van der Waals surface area contributed by atoms with Crippen molar-refractivity contribution in [1.29, 1.82) is 0 Å². The van der Waals surface area contributed by atoms with E-state index in [9.17, 15) is 9.18 Å². The smallest absolute Gasteiger partial charge is 0.222 e. The number of ether oxygens (including phenoxy) is 1. The van der Waals surface area contributed by atoms with E-state index in [1.165, 1.54) is 6.07 Å². The molecule has 1 aromatic carbocycles. The predicted octanol–water partition coefficient (Wildman–Crippen LogP) is 3.05. The summed E-state index contributed by atoms with van der Waals surface area (Å²) < 4.78 is 19.3. The Kier molecular flexibility index (Phi) is 4.23. The van der Waals surface area contributed by atoms with Crippen molar-refractivity contribution in [3.05, 3.63) is 47.7 Å². The van der Waals surface area contributed by atoms with Crippen molar-refractivity contribution in [3.63, 3.8) is 0 Å². The minimum atomic E-state index is -0.436. The maximum atomic E-state index is 13.7. The third-order valence-corrected chi connectivity index (χ3v) is 3.90. The molecule has 1 fully saturated rings. The van der Waals surface area contributed by atoms with Gasteiger partial charge in [0.1, 0.15) is 5.82 Å². The number of rotatable bonds is 3. The zero-order valence-corrected chi connectivity index (χ0v) is 13.1. The van der Waals surface area contributed by atoms with E-state index in [2.05, 4.69) is 9.97 Å². The first-order valence-electron chi connectivity index (χ1n) is 7.56. The molecule has 0 bridgehead atoms. The monoisotopic (exact) mass is 315 g/mol. The number of benzene rings is 1. The van der Waals surface area contributed by atoms with Crippen LogP contribution in [0, 0.1) is 12.7 Å². The van der Waals surface area contributed by atoms with Crippen LogP contribution in [0.1, 0.15) is 30.8 Å². The van der Waals surface area contributed by atoms with Crippen LogP contribution in [0.5, 0.6) is 11.6 Å². The second-order valence-electron chi connectivity index (χ2n) is 5.69. The molecule has 3 rings (SSSR count). The van der Waals surface area contributed by atoms with E-state index in [0.717, 1.165) is 12.1 Å². The summed E-state index contributed by atoms with van der Waals surface area (Å²) in [7, 11) is 0. The molecule has 1 aliphatic rings. The van der Waals surface area contributed by atoms with Crippen LogP contribution in [0.2, 0.25) is 0 Å². The minimum absolute atomic E-state index is 0.0583. The van der Waals surface area contributed by atoms with Crippen molar-refractivity contribution >= 4 is 5.91 Å². The molecule has 120 valence electrons. The van der Waals surface area contributed by atoms with E-state index in [4.69, 9.17) is 4.74 Å². The molecule has 1 saturated heterocycles. The fraction of sp³-hybridized carbons (Fsp3) is 0.353. The lowest BCUT2D eigenvalue weighted by Crippen LogP contribution is -2.25. The Morgan fingerprint density at radius 1 is 1.35 bits per heavy atom. The van der Waals surface area contributed by atoms with Gasteiger partial charge in [-0.05, 0) is 25.5 Å². The molecule has 23 heavy (non-hydrogen) atoms. The molecule has 2 heterocycles. The number of hydrogen-bond acceptors (Lipinski definition) is 4. The highest BCUT2D eigenvalue weighted by atomic mass is 19.1. The largest absolute Gasteiger partial charge is 0.436 e. The molecule has 2 aromatic rings. The van der Waals surface area contributed by atoms with Gasteiger partial charge in [0.15, 0.2) is 11.6 Å². The average molecular weight is 315 g/mol. The fourth-order valence-electron chi connectivity index (χ4n) is 2.69. The molecular weight excluding hydrogens is 297 g/mol. The van der Waals surface area contributed by atoms with Gasteiger partial charge in [0.05, 0.1) is 0 Å². The van der Waals surface area contributed by atoms with Crippen molar-refractivity contribution in [1.82, 2.24) is 14.9 Å². The Bertz CT molecular complexity index is 736. The first-order valence-corrected chi connectivity index (χ1v) is 7.56. The van der Waals surface area contributed by atoms with Crippen molar-refractivity contribution in [3.8, 4) is 11.6 Å². The predicted molar refractivity (Wildman–Crippen MR) is 82.9 cm³/mol. The van der Waals surface area contributed by atoms with Crippen LogP contribution in [0.25, 0.3) is 0 Å². The van der Waals surface area contributed by atoms with Gasteiger partial charge >= 0.3 is 0 Å². The standard InChI is InChI=1S/C17H18FN3O2/c1-11-9-16(23-15-6-4-3-5-14(15)18)20-17(19-11)13-7-8-21(10-13)12(2)22/h3-6,9,13H,7-8,10H2,1-2H3. The van der Waals surface area contributed by atoms with Crippen LogP contribution < -0.4 is 4.74 Å². The molecule has 1 aromatic heterocycles. The lowest BCUT2D eigenvalue weighted by atomic mass is 10.1. The number of likely N-dealkylation sites (tertiary alicyclic amines) is 1. The SMILES string of the molecule is CC(=O)N1CCC(c2nc(C)cc(Oc3ccccc3F)n2)C1. The maximum Gasteiger partial charge on any atom is 0.222 e. The van der Waals surface area contributed by atoms with Crippen LogP contribution in [0.4, 0.5) is 4.39 Å². The summed E-state index contributed by atoms with van der Waals surface area (Å²) in [6.45, 7) is 4.72. The van der Waals surface area contributed by atoms with E-state index < -0.39 is 5.82 Å². The highest BCUT2D eigenvalue weighted by Gasteiger charge is 2.28. The summed E-state index contributed by atoms with van der Waals surface area (Å²) in [6, 6.07) is 7.88. The van der Waals surface area contributed by atoms with E-state index in [1.54, 1.807) is 36.1 Å². The van der Waals surface area contributed by atoms with Gasteiger partial charge in [-0.1, -0.05) is 12.1 Å². The van der Waals surface area contributed by atoms with E-state index in [0.29, 0.717) is 24.8 Å². The van der Waals surface area contributed by atoms with E-state index in [1.807, 2.05) is 6.92 Å². The van der Waals surface area contributed by atoms with E-state index in [-0.39, 0.29) is 17.6 Å². The summed E-state index contributed by atoms with van der Waals surface area (Å²) in [5, 5.41) is 0. The summed E-state index contributed by atoms with van der Waals surface area (Å²) in [6.07, 6.45) is 0.822. The first-order chi connectivity index (χ1) is 11.0. The van der Waals surface area contributed by atoms with Crippen LogP contribution in [0.3, 0.4) is 0 Å². The number of para-hydroxylation sites is 1. The van der Waals surface area contributed by atoms with Crippen molar-refractivity contribution in [2.24, 2.45) is 0 Å². The van der Waals surface area contributed by atoms with Crippen LogP contribution in [-0.4, -0.2) is 33.9 Å². The normalized spacial score (nSPS) is 17.3. The van der Waals surface area contributed by atoms with E-state index >= 15 is 0 Å².